The molecule has 48 heavy (non-hydrogen) atoms. The Kier molecular flexibility index (Phi) is 9.13. The Balaban J connectivity index is 0.000000134. The predicted molar refractivity (Wildman–Crippen MR) is 218 cm³/mol. The van der Waals surface area contributed by atoms with E-state index in [2.05, 4.69) is 146 Å². The van der Waals surface area contributed by atoms with Crippen LogP contribution in [0.3, 0.4) is 0 Å². The monoisotopic (exact) mass is 664 g/mol. The third kappa shape index (κ3) is 5.14. The van der Waals surface area contributed by atoms with Crippen LogP contribution in [0.15, 0.2) is 103 Å². The average Bonchev–Trinajstić information content (AvgIpc) is 3.87. The van der Waals surface area contributed by atoms with E-state index in [1.54, 1.807) is 0 Å². The highest BCUT2D eigenvalue weighted by atomic mass is 32.1. The molecule has 2 nitrogen and oxygen atoms in total. The van der Waals surface area contributed by atoms with Gasteiger partial charge in [-0.2, -0.15) is 0 Å². The number of thiophene rings is 2. The number of fused-ring (bicyclic) bond motifs is 14. The van der Waals surface area contributed by atoms with Crippen molar-refractivity contribution in [3.05, 3.63) is 114 Å². The summed E-state index contributed by atoms with van der Waals surface area (Å²) in [4.78, 5) is 0. The molecule has 0 fully saturated rings. The maximum atomic E-state index is 2.43. The lowest BCUT2D eigenvalue weighted by atomic mass is 10.00. The number of allylic oxidation sites excluding steroid dienone is 1. The van der Waals surface area contributed by atoms with Gasteiger partial charge in [0.05, 0.1) is 5.52 Å². The van der Waals surface area contributed by atoms with E-state index in [0.29, 0.717) is 0 Å². The Morgan fingerprint density at radius 2 is 1.12 bits per heavy atom. The standard InChI is InChI=1S/C20H15NS.C19H15NS.C3H8.C2H6/c1-2-21-16-9-5-3-8-15(16)19-17(21)12-11-14-13-7-4-6-10-18(13)22-20(14)19;1-20-15-8-4-2-7-14(15)18-16(20)11-10-13-12-6-3-5-9-17(12)21-19(13)18;1-3-2;1-2/h3-12H,2H2,1H3;3-6,8-11H,2,7H2,1H3;3H2,1-2H3;1-2H3. The Bertz CT molecular complexity index is 2580. The molecule has 0 saturated carbocycles. The number of para-hydroxylation sites is 1. The molecule has 4 aromatic heterocycles. The first kappa shape index (κ1) is 32.2. The predicted octanol–water partition coefficient (Wildman–Crippen LogP) is 14.1. The van der Waals surface area contributed by atoms with Gasteiger partial charge in [-0.05, 0) is 61.7 Å². The van der Waals surface area contributed by atoms with Gasteiger partial charge in [0.25, 0.3) is 0 Å². The number of aryl methyl sites for hydroxylation is 3. The molecular formula is C44H44N2S2. The van der Waals surface area contributed by atoms with Gasteiger partial charge in [0, 0.05) is 86.8 Å². The minimum Gasteiger partial charge on any atom is -0.344 e. The van der Waals surface area contributed by atoms with Gasteiger partial charge < -0.3 is 9.13 Å². The average molecular weight is 665 g/mol. The second kappa shape index (κ2) is 13.6. The van der Waals surface area contributed by atoms with E-state index in [9.17, 15) is 0 Å². The van der Waals surface area contributed by atoms with Crippen LogP contribution in [0.25, 0.3) is 79.1 Å². The first-order valence-electron chi connectivity index (χ1n) is 17.5. The Labute approximate surface area is 291 Å². The molecule has 0 radical (unpaired) electrons. The van der Waals surface area contributed by atoms with Crippen LogP contribution in [0.4, 0.5) is 0 Å². The fourth-order valence-corrected chi connectivity index (χ4v) is 9.88. The fraction of sp³-hybridized carbons (Fsp3) is 0.227. The highest BCUT2D eigenvalue weighted by Gasteiger charge is 2.19. The van der Waals surface area contributed by atoms with Crippen LogP contribution in [-0.4, -0.2) is 9.13 Å². The second-order valence-electron chi connectivity index (χ2n) is 12.2. The maximum absolute atomic E-state index is 2.43. The first-order valence-corrected chi connectivity index (χ1v) is 19.2. The molecule has 242 valence electrons. The molecule has 0 aliphatic heterocycles. The van der Waals surface area contributed by atoms with Gasteiger partial charge in [-0.15, -0.1) is 22.7 Å². The number of nitrogens with zero attached hydrogens (tertiary/aromatic N) is 2. The van der Waals surface area contributed by atoms with Crippen LogP contribution in [-0.2, 0) is 20.0 Å². The van der Waals surface area contributed by atoms with Crippen LogP contribution >= 0.6 is 22.7 Å². The van der Waals surface area contributed by atoms with Crippen molar-refractivity contribution in [1.29, 1.82) is 0 Å². The molecule has 0 unspecified atom stereocenters. The molecule has 0 saturated heterocycles. The summed E-state index contributed by atoms with van der Waals surface area (Å²) < 4.78 is 10.4. The van der Waals surface area contributed by atoms with Gasteiger partial charge in [0.15, 0.2) is 0 Å². The summed E-state index contributed by atoms with van der Waals surface area (Å²) in [5.74, 6) is 0. The summed E-state index contributed by atoms with van der Waals surface area (Å²) in [5, 5.41) is 9.82. The smallest absolute Gasteiger partial charge is 0.0506 e. The van der Waals surface area contributed by atoms with Crippen LogP contribution in [0, 0.1) is 0 Å². The van der Waals surface area contributed by atoms with Crippen molar-refractivity contribution in [2.75, 3.05) is 0 Å². The van der Waals surface area contributed by atoms with Gasteiger partial charge in [0.1, 0.15) is 0 Å². The van der Waals surface area contributed by atoms with Crippen molar-refractivity contribution in [1.82, 2.24) is 9.13 Å². The zero-order valence-corrected chi connectivity index (χ0v) is 30.6. The van der Waals surface area contributed by atoms with E-state index in [1.165, 1.54) is 90.7 Å². The largest absolute Gasteiger partial charge is 0.344 e. The molecule has 10 rings (SSSR count). The Hall–Kier alpha value is -4.38. The van der Waals surface area contributed by atoms with Gasteiger partial charge in [0.2, 0.25) is 0 Å². The lowest BCUT2D eigenvalue weighted by Crippen LogP contribution is -1.96. The van der Waals surface area contributed by atoms with Crippen molar-refractivity contribution >= 4 is 102 Å². The Morgan fingerprint density at radius 3 is 1.75 bits per heavy atom. The van der Waals surface area contributed by atoms with Crippen molar-refractivity contribution in [2.45, 2.75) is 60.4 Å². The molecular weight excluding hydrogens is 621 g/mol. The fourth-order valence-electron chi connectivity index (χ4n) is 7.35. The summed E-state index contributed by atoms with van der Waals surface area (Å²) in [5.41, 5.74) is 6.98. The van der Waals surface area contributed by atoms with Crippen LogP contribution < -0.4 is 0 Å². The molecule has 0 bridgehead atoms. The maximum Gasteiger partial charge on any atom is 0.0506 e. The third-order valence-corrected chi connectivity index (χ3v) is 11.7. The quantitative estimate of drug-likeness (QED) is 0.165. The van der Waals surface area contributed by atoms with Gasteiger partial charge in [-0.3, -0.25) is 0 Å². The normalized spacial score (nSPS) is 12.3. The summed E-state index contributed by atoms with van der Waals surface area (Å²) in [7, 11) is 2.19. The molecule has 9 aromatic rings. The molecule has 4 heterocycles. The summed E-state index contributed by atoms with van der Waals surface area (Å²) in [6, 6.07) is 35.4. The minimum absolute atomic E-state index is 1.00. The molecule has 0 spiro atoms. The van der Waals surface area contributed by atoms with Crippen LogP contribution in [0.5, 0.6) is 0 Å². The van der Waals surface area contributed by atoms with Gasteiger partial charge in [-0.1, -0.05) is 107 Å². The van der Waals surface area contributed by atoms with E-state index < -0.39 is 0 Å². The first-order chi connectivity index (χ1) is 23.6. The lowest BCUT2D eigenvalue weighted by molar-refractivity contribution is 0.827. The zero-order chi connectivity index (χ0) is 33.4. The van der Waals surface area contributed by atoms with Crippen molar-refractivity contribution in [2.24, 2.45) is 7.05 Å². The van der Waals surface area contributed by atoms with Gasteiger partial charge in [-0.25, -0.2) is 0 Å². The lowest BCUT2D eigenvalue weighted by Gasteiger charge is -2.06. The molecule has 1 aliphatic carbocycles. The van der Waals surface area contributed by atoms with E-state index >= 15 is 0 Å². The number of rotatable bonds is 1. The van der Waals surface area contributed by atoms with Crippen LogP contribution in [0.1, 0.15) is 58.7 Å². The molecule has 5 aromatic carbocycles. The Morgan fingerprint density at radius 1 is 0.583 bits per heavy atom. The van der Waals surface area contributed by atoms with Crippen molar-refractivity contribution < 1.29 is 0 Å². The van der Waals surface area contributed by atoms with Crippen LogP contribution in [0.2, 0.25) is 0 Å². The van der Waals surface area contributed by atoms with Gasteiger partial charge >= 0.3 is 0 Å². The number of hydrogen-bond donors (Lipinski definition) is 0. The topological polar surface area (TPSA) is 9.86 Å². The molecule has 0 amide bonds. The molecule has 4 heteroatoms. The SMILES string of the molecule is CC.CCC.CCn1c2ccccc2c2c3sc4ccccc4c3ccc21.Cn1c2c(c3c4sc5ccccc5c4ccc31)CCC=C2. The number of aromatic nitrogens is 2. The molecule has 1 aliphatic rings. The summed E-state index contributed by atoms with van der Waals surface area (Å²) >= 11 is 3.86. The zero-order valence-electron chi connectivity index (χ0n) is 28.9. The summed E-state index contributed by atoms with van der Waals surface area (Å²) in [6.45, 7) is 11.5. The molecule has 0 N–H and O–H groups in total. The minimum atomic E-state index is 1.00. The van der Waals surface area contributed by atoms with E-state index in [4.69, 9.17) is 0 Å². The molecule has 0 atom stereocenters. The van der Waals surface area contributed by atoms with E-state index in [0.717, 1.165) is 19.4 Å². The highest BCUT2D eigenvalue weighted by molar-refractivity contribution is 7.27. The van der Waals surface area contributed by atoms with E-state index in [-0.39, 0.29) is 0 Å². The summed E-state index contributed by atoms with van der Waals surface area (Å²) in [6.07, 6.45) is 8.16. The van der Waals surface area contributed by atoms with Crippen molar-refractivity contribution in [3.8, 4) is 0 Å². The number of benzene rings is 5. The second-order valence-corrected chi connectivity index (χ2v) is 14.3. The van der Waals surface area contributed by atoms with Crippen molar-refractivity contribution in [3.63, 3.8) is 0 Å². The highest BCUT2D eigenvalue weighted by Crippen LogP contribution is 2.43. The number of hydrogen-bond acceptors (Lipinski definition) is 2. The van der Waals surface area contributed by atoms with E-state index in [1.807, 2.05) is 36.5 Å². The third-order valence-electron chi connectivity index (χ3n) is 9.29.